The van der Waals surface area contributed by atoms with Crippen LogP contribution in [0.25, 0.3) is 11.3 Å². The van der Waals surface area contributed by atoms with Crippen LogP contribution in [0.3, 0.4) is 0 Å². The van der Waals surface area contributed by atoms with Gasteiger partial charge in [0.15, 0.2) is 10.9 Å². The molecule has 1 heterocycles. The molecule has 0 spiro atoms. The van der Waals surface area contributed by atoms with Gasteiger partial charge in [-0.15, -0.1) is 10.2 Å². The number of thioether (sulfide) groups is 1. The Balaban J connectivity index is 1.78. The lowest BCUT2D eigenvalue weighted by molar-refractivity contribution is -0.114. The average Bonchev–Trinajstić information content (AvgIpc) is 2.70. The molecule has 0 saturated heterocycles. The minimum atomic E-state index is -0.472. The van der Waals surface area contributed by atoms with E-state index in [0.29, 0.717) is 22.0 Å². The van der Waals surface area contributed by atoms with Gasteiger partial charge in [0, 0.05) is 12.5 Å². The van der Waals surface area contributed by atoms with Crippen LogP contribution in [-0.4, -0.2) is 32.7 Å². The smallest absolute Gasteiger partial charge is 0.278 e. The Morgan fingerprint density at radius 1 is 1.13 bits per heavy atom. The lowest BCUT2D eigenvalue weighted by Crippen LogP contribution is -2.18. The van der Waals surface area contributed by atoms with E-state index in [1.54, 1.807) is 30.3 Å². The van der Waals surface area contributed by atoms with E-state index >= 15 is 0 Å². The molecule has 0 fully saturated rings. The van der Waals surface area contributed by atoms with Crippen molar-refractivity contribution < 1.29 is 9.59 Å². The van der Waals surface area contributed by atoms with Crippen LogP contribution in [0.1, 0.15) is 18.1 Å². The van der Waals surface area contributed by atoms with Crippen LogP contribution in [0.2, 0.25) is 5.02 Å². The molecule has 0 atom stereocenters. The SMILES string of the molecule is CC(=O)Nc1c(C)cc(C)cc1-c1nnc(SCC(=O)Nc2ccccc2Cl)[nH]c1=O. The van der Waals surface area contributed by atoms with Crippen molar-refractivity contribution in [2.75, 3.05) is 16.4 Å². The number of H-pyrrole nitrogens is 1. The van der Waals surface area contributed by atoms with Gasteiger partial charge in [-0.3, -0.25) is 19.4 Å². The number of nitrogens with one attached hydrogen (secondary N) is 3. The summed E-state index contributed by atoms with van der Waals surface area (Å²) in [7, 11) is 0. The van der Waals surface area contributed by atoms with Gasteiger partial charge >= 0.3 is 0 Å². The van der Waals surface area contributed by atoms with Crippen molar-refractivity contribution in [3.8, 4) is 11.3 Å². The summed E-state index contributed by atoms with van der Waals surface area (Å²) in [5, 5.41) is 14.2. The quantitative estimate of drug-likeness (QED) is 0.485. The lowest BCUT2D eigenvalue weighted by Gasteiger charge is -2.13. The maximum absolute atomic E-state index is 12.7. The van der Waals surface area contributed by atoms with Gasteiger partial charge in [-0.05, 0) is 37.6 Å². The zero-order valence-corrected chi connectivity index (χ0v) is 18.6. The third kappa shape index (κ3) is 5.71. The predicted molar refractivity (Wildman–Crippen MR) is 123 cm³/mol. The minimum Gasteiger partial charge on any atom is -0.325 e. The Morgan fingerprint density at radius 3 is 2.55 bits per heavy atom. The average molecular weight is 458 g/mol. The number of amides is 2. The molecule has 2 amide bonds. The van der Waals surface area contributed by atoms with Gasteiger partial charge < -0.3 is 10.6 Å². The van der Waals surface area contributed by atoms with Crippen LogP contribution < -0.4 is 16.2 Å². The minimum absolute atomic E-state index is 0.00981. The molecule has 0 aliphatic heterocycles. The molecule has 0 aliphatic rings. The highest BCUT2D eigenvalue weighted by atomic mass is 35.5. The van der Waals surface area contributed by atoms with Crippen LogP contribution >= 0.6 is 23.4 Å². The van der Waals surface area contributed by atoms with Crippen molar-refractivity contribution >= 4 is 46.6 Å². The second-order valence-electron chi connectivity index (χ2n) is 6.81. The summed E-state index contributed by atoms with van der Waals surface area (Å²) in [4.78, 5) is 39.1. The molecule has 160 valence electrons. The number of aromatic amines is 1. The van der Waals surface area contributed by atoms with Crippen molar-refractivity contribution in [1.82, 2.24) is 15.2 Å². The molecular formula is C21H20ClN5O3S. The van der Waals surface area contributed by atoms with Crippen molar-refractivity contribution in [3.63, 3.8) is 0 Å². The molecule has 0 unspecified atom stereocenters. The third-order valence-electron chi connectivity index (χ3n) is 4.20. The Morgan fingerprint density at radius 2 is 1.87 bits per heavy atom. The van der Waals surface area contributed by atoms with Crippen molar-refractivity contribution in [2.45, 2.75) is 25.9 Å². The molecule has 0 bridgehead atoms. The normalized spacial score (nSPS) is 10.6. The molecule has 8 nitrogen and oxygen atoms in total. The zero-order chi connectivity index (χ0) is 22.5. The van der Waals surface area contributed by atoms with E-state index in [4.69, 9.17) is 11.6 Å². The van der Waals surface area contributed by atoms with E-state index in [2.05, 4.69) is 25.8 Å². The number of hydrogen-bond donors (Lipinski definition) is 3. The van der Waals surface area contributed by atoms with Gasteiger partial charge in [-0.2, -0.15) is 0 Å². The van der Waals surface area contributed by atoms with Gasteiger partial charge in [0.25, 0.3) is 5.56 Å². The van der Waals surface area contributed by atoms with Gasteiger partial charge in [-0.1, -0.05) is 47.1 Å². The first-order valence-corrected chi connectivity index (χ1v) is 10.6. The summed E-state index contributed by atoms with van der Waals surface area (Å²) in [6.45, 7) is 5.12. The molecule has 2 aromatic carbocycles. The number of benzene rings is 2. The fourth-order valence-corrected chi connectivity index (χ4v) is 3.73. The Hall–Kier alpha value is -3.17. The van der Waals surface area contributed by atoms with Gasteiger partial charge in [-0.25, -0.2) is 0 Å². The standard InChI is InChI=1S/C21H20ClN5O3S/c1-11-8-12(2)18(23-13(3)28)14(9-11)19-20(30)25-21(27-26-19)31-10-17(29)24-16-7-5-4-6-15(16)22/h4-9H,10H2,1-3H3,(H,23,28)(H,24,29)(H,25,27,30). The van der Waals surface area contributed by atoms with E-state index in [1.165, 1.54) is 6.92 Å². The maximum atomic E-state index is 12.7. The second kappa shape index (κ2) is 9.76. The van der Waals surface area contributed by atoms with Crippen LogP contribution in [0.15, 0.2) is 46.3 Å². The number of carbonyl (C=O) groups is 2. The van der Waals surface area contributed by atoms with Crippen LogP contribution in [-0.2, 0) is 9.59 Å². The lowest BCUT2D eigenvalue weighted by atomic mass is 10.0. The Bertz CT molecular complexity index is 1210. The molecule has 10 heteroatoms. The molecular weight excluding hydrogens is 438 g/mol. The van der Waals surface area contributed by atoms with E-state index in [0.717, 1.165) is 22.9 Å². The molecule has 3 aromatic rings. The Labute approximate surface area is 187 Å². The number of halogens is 1. The maximum Gasteiger partial charge on any atom is 0.278 e. The first-order chi connectivity index (χ1) is 14.7. The van der Waals surface area contributed by atoms with Crippen LogP contribution in [0.4, 0.5) is 11.4 Å². The van der Waals surface area contributed by atoms with Crippen molar-refractivity contribution in [2.24, 2.45) is 0 Å². The number of hydrogen-bond acceptors (Lipinski definition) is 6. The largest absolute Gasteiger partial charge is 0.325 e. The van der Waals surface area contributed by atoms with E-state index in [9.17, 15) is 14.4 Å². The highest BCUT2D eigenvalue weighted by molar-refractivity contribution is 7.99. The van der Waals surface area contributed by atoms with Gasteiger partial charge in [0.1, 0.15) is 0 Å². The molecule has 3 rings (SSSR count). The summed E-state index contributed by atoms with van der Waals surface area (Å²) in [5.74, 6) is -0.544. The number of nitrogens with zero attached hydrogens (tertiary/aromatic N) is 2. The monoisotopic (exact) mass is 457 g/mol. The first kappa shape index (κ1) is 22.5. The number of aromatic nitrogens is 3. The fourth-order valence-electron chi connectivity index (χ4n) is 2.94. The molecule has 0 saturated carbocycles. The van der Waals surface area contributed by atoms with E-state index in [1.807, 2.05) is 19.9 Å². The zero-order valence-electron chi connectivity index (χ0n) is 17.1. The third-order valence-corrected chi connectivity index (χ3v) is 5.39. The van der Waals surface area contributed by atoms with Crippen molar-refractivity contribution in [1.29, 1.82) is 0 Å². The molecule has 1 aromatic heterocycles. The highest BCUT2D eigenvalue weighted by Gasteiger charge is 2.16. The number of para-hydroxylation sites is 1. The van der Waals surface area contributed by atoms with Gasteiger partial charge in [0.05, 0.1) is 22.2 Å². The molecule has 3 N–H and O–H groups in total. The van der Waals surface area contributed by atoms with E-state index in [-0.39, 0.29) is 28.4 Å². The van der Waals surface area contributed by atoms with Crippen LogP contribution in [0, 0.1) is 13.8 Å². The number of rotatable bonds is 6. The Kier molecular flexibility index (Phi) is 7.09. The molecule has 0 radical (unpaired) electrons. The summed E-state index contributed by atoms with van der Waals surface area (Å²) < 4.78 is 0. The van der Waals surface area contributed by atoms with E-state index < -0.39 is 5.56 Å². The first-order valence-electron chi connectivity index (χ1n) is 9.28. The number of aryl methyl sites for hydroxylation is 2. The number of anilines is 2. The number of carbonyl (C=O) groups excluding carboxylic acids is 2. The summed E-state index contributed by atoms with van der Waals surface area (Å²) in [6.07, 6.45) is 0. The predicted octanol–water partition coefficient (Wildman–Crippen LogP) is 3.79. The summed E-state index contributed by atoms with van der Waals surface area (Å²) in [6, 6.07) is 10.6. The van der Waals surface area contributed by atoms with Gasteiger partial charge in [0.2, 0.25) is 11.8 Å². The summed E-state index contributed by atoms with van der Waals surface area (Å²) >= 11 is 7.07. The van der Waals surface area contributed by atoms with Crippen molar-refractivity contribution in [3.05, 3.63) is 62.9 Å². The van der Waals surface area contributed by atoms with Crippen LogP contribution in [0.5, 0.6) is 0 Å². The highest BCUT2D eigenvalue weighted by Crippen LogP contribution is 2.29. The fraction of sp³-hybridized carbons (Fsp3) is 0.190. The molecule has 0 aliphatic carbocycles. The molecule has 31 heavy (non-hydrogen) atoms. The topological polar surface area (TPSA) is 117 Å². The second-order valence-corrected chi connectivity index (χ2v) is 8.18. The summed E-state index contributed by atoms with van der Waals surface area (Å²) in [5.41, 5.74) is 2.83.